The van der Waals surface area contributed by atoms with Gasteiger partial charge in [-0.05, 0) is 55.2 Å². The van der Waals surface area contributed by atoms with Gasteiger partial charge in [-0.15, -0.1) is 0 Å². The minimum absolute atomic E-state index is 0.0389. The Bertz CT molecular complexity index is 1030. The second kappa shape index (κ2) is 12.9. The maximum Gasteiger partial charge on any atom is 0.243 e. The molecule has 188 valence electrons. The van der Waals surface area contributed by atoms with Crippen molar-refractivity contribution in [3.63, 3.8) is 0 Å². The van der Waals surface area contributed by atoms with Crippen molar-refractivity contribution < 1.29 is 19.1 Å². The summed E-state index contributed by atoms with van der Waals surface area (Å²) in [5, 5.41) is 9.30. The fraction of sp³-hybridized carbons (Fsp3) is 0.464. The molecule has 0 aliphatic carbocycles. The minimum Gasteiger partial charge on any atom is -0.493 e. The Morgan fingerprint density at radius 2 is 1.80 bits per heavy atom. The van der Waals surface area contributed by atoms with Gasteiger partial charge in [0.25, 0.3) is 0 Å². The fourth-order valence-corrected chi connectivity index (χ4v) is 4.23. The zero-order valence-electron chi connectivity index (χ0n) is 21.3. The van der Waals surface area contributed by atoms with Crippen LogP contribution in [0, 0.1) is 5.92 Å². The van der Waals surface area contributed by atoms with Gasteiger partial charge in [-0.3, -0.25) is 9.59 Å². The third-order valence-corrected chi connectivity index (χ3v) is 6.35. The number of nitrogens with zero attached hydrogens (tertiary/aromatic N) is 2. The predicted octanol–water partition coefficient (Wildman–Crippen LogP) is 5.43. The molecule has 7 nitrogen and oxygen atoms in total. The van der Waals surface area contributed by atoms with E-state index in [1.165, 1.54) is 0 Å². The Balaban J connectivity index is 1.67. The van der Waals surface area contributed by atoms with E-state index in [2.05, 4.69) is 19.2 Å². The van der Waals surface area contributed by atoms with E-state index in [0.29, 0.717) is 37.3 Å². The summed E-state index contributed by atoms with van der Waals surface area (Å²) in [7, 11) is 3.22. The van der Waals surface area contributed by atoms with Crippen molar-refractivity contribution in [1.29, 1.82) is 0 Å². The number of carbonyl (C=O) groups is 2. The Morgan fingerprint density at radius 1 is 1.06 bits per heavy atom. The summed E-state index contributed by atoms with van der Waals surface area (Å²) in [6, 6.07) is 13.6. The number of ether oxygens (including phenoxy) is 2. The first-order chi connectivity index (χ1) is 17.0. The van der Waals surface area contributed by atoms with Gasteiger partial charge in [-0.1, -0.05) is 38.8 Å². The third-order valence-electron chi connectivity index (χ3n) is 6.35. The van der Waals surface area contributed by atoms with Crippen LogP contribution in [0.25, 0.3) is 0 Å². The first-order valence-corrected chi connectivity index (χ1v) is 12.5. The lowest BCUT2D eigenvalue weighted by Gasteiger charge is -2.29. The van der Waals surface area contributed by atoms with Gasteiger partial charge in [0.15, 0.2) is 11.5 Å². The molecule has 0 saturated heterocycles. The van der Waals surface area contributed by atoms with Crippen LogP contribution in [0.3, 0.4) is 0 Å². The molecule has 0 fully saturated rings. The number of hydrazone groups is 1. The van der Waals surface area contributed by atoms with Gasteiger partial charge in [0.1, 0.15) is 0 Å². The zero-order valence-corrected chi connectivity index (χ0v) is 21.3. The van der Waals surface area contributed by atoms with Crippen molar-refractivity contribution in [3.05, 3.63) is 53.6 Å². The number of methoxy groups -OCH3 is 2. The quantitative estimate of drug-likeness (QED) is 0.412. The van der Waals surface area contributed by atoms with Crippen LogP contribution in [0.1, 0.15) is 63.5 Å². The minimum atomic E-state index is 0.0389. The van der Waals surface area contributed by atoms with E-state index in [0.717, 1.165) is 48.2 Å². The number of anilines is 1. The van der Waals surface area contributed by atoms with Crippen LogP contribution < -0.4 is 14.8 Å². The molecule has 0 aromatic heterocycles. The second-order valence-electron chi connectivity index (χ2n) is 8.83. The average Bonchev–Trinajstić information content (AvgIpc) is 2.88. The molecular weight excluding hydrogens is 442 g/mol. The molecule has 1 atom stereocenters. The molecule has 0 spiro atoms. The number of carbonyl (C=O) groups excluding carboxylic acids is 2. The standard InChI is InChI=1S/C28H37N3O4/c1-5-7-8-9-26(32)29-23-13-10-20(11-14-23)16-17-31-27(33)19-21(6-2)28(30-31)22-12-15-24(34-3)25(18-22)35-4/h10-15,18,21H,5-9,16-17,19H2,1-4H3,(H,29,32). The molecule has 2 aromatic carbocycles. The normalized spacial score (nSPS) is 15.5. The molecule has 1 N–H and O–H groups in total. The Hall–Kier alpha value is -3.35. The molecule has 7 heteroatoms. The van der Waals surface area contributed by atoms with Crippen molar-refractivity contribution >= 4 is 23.2 Å². The van der Waals surface area contributed by atoms with E-state index >= 15 is 0 Å². The molecule has 1 aliphatic rings. The van der Waals surface area contributed by atoms with Gasteiger partial charge in [-0.25, -0.2) is 5.01 Å². The summed E-state index contributed by atoms with van der Waals surface area (Å²) in [6.07, 6.45) is 5.57. The molecule has 1 unspecified atom stereocenters. The average molecular weight is 480 g/mol. The van der Waals surface area contributed by atoms with Crippen LogP contribution in [0.5, 0.6) is 11.5 Å². The highest BCUT2D eigenvalue weighted by molar-refractivity contribution is 6.06. The maximum atomic E-state index is 12.8. The van der Waals surface area contributed by atoms with Crippen molar-refractivity contribution in [2.45, 2.75) is 58.8 Å². The van der Waals surface area contributed by atoms with Gasteiger partial charge in [0.05, 0.1) is 19.9 Å². The van der Waals surface area contributed by atoms with Gasteiger partial charge < -0.3 is 14.8 Å². The highest BCUT2D eigenvalue weighted by Crippen LogP contribution is 2.31. The van der Waals surface area contributed by atoms with Crippen LogP contribution in [0.2, 0.25) is 0 Å². The molecule has 35 heavy (non-hydrogen) atoms. The summed E-state index contributed by atoms with van der Waals surface area (Å²) < 4.78 is 10.8. The lowest BCUT2D eigenvalue weighted by molar-refractivity contribution is -0.132. The summed E-state index contributed by atoms with van der Waals surface area (Å²) in [4.78, 5) is 24.8. The van der Waals surface area contributed by atoms with Crippen LogP contribution in [0.15, 0.2) is 47.6 Å². The van der Waals surface area contributed by atoms with E-state index in [1.807, 2.05) is 42.5 Å². The number of rotatable bonds is 12. The van der Waals surface area contributed by atoms with Crippen molar-refractivity contribution in [1.82, 2.24) is 5.01 Å². The van der Waals surface area contributed by atoms with Crippen LogP contribution >= 0.6 is 0 Å². The molecule has 0 radical (unpaired) electrons. The SMILES string of the molecule is CCCCCC(=O)Nc1ccc(CCN2N=C(c3ccc(OC)c(OC)c3)C(CC)CC2=O)cc1. The maximum absolute atomic E-state index is 12.8. The van der Waals surface area contributed by atoms with Gasteiger partial charge in [-0.2, -0.15) is 5.10 Å². The smallest absolute Gasteiger partial charge is 0.243 e. The van der Waals surface area contributed by atoms with Gasteiger partial charge in [0.2, 0.25) is 11.8 Å². The second-order valence-corrected chi connectivity index (χ2v) is 8.83. The van der Waals surface area contributed by atoms with Crippen LogP contribution in [0.4, 0.5) is 5.69 Å². The number of amides is 2. The molecule has 1 heterocycles. The molecule has 0 saturated carbocycles. The van der Waals surface area contributed by atoms with Crippen molar-refractivity contribution in [2.75, 3.05) is 26.1 Å². The monoisotopic (exact) mass is 479 g/mol. The number of unbranched alkanes of at least 4 members (excludes halogenated alkanes) is 2. The van der Waals surface area contributed by atoms with E-state index < -0.39 is 0 Å². The lowest BCUT2D eigenvalue weighted by atomic mass is 9.89. The molecule has 3 rings (SSSR count). The summed E-state index contributed by atoms with van der Waals surface area (Å²) in [5.41, 5.74) is 3.71. The van der Waals surface area contributed by atoms with Crippen LogP contribution in [-0.4, -0.2) is 43.3 Å². The van der Waals surface area contributed by atoms with E-state index in [4.69, 9.17) is 14.6 Å². The van der Waals surface area contributed by atoms with E-state index in [1.54, 1.807) is 19.2 Å². The molecule has 1 aliphatic heterocycles. The Kier molecular flexibility index (Phi) is 9.70. The fourth-order valence-electron chi connectivity index (χ4n) is 4.23. The van der Waals surface area contributed by atoms with E-state index in [-0.39, 0.29) is 17.7 Å². The van der Waals surface area contributed by atoms with Crippen LogP contribution in [-0.2, 0) is 16.0 Å². The zero-order chi connectivity index (χ0) is 25.2. The largest absolute Gasteiger partial charge is 0.493 e. The summed E-state index contributed by atoms with van der Waals surface area (Å²) >= 11 is 0. The van der Waals surface area contributed by atoms with E-state index in [9.17, 15) is 9.59 Å². The number of hydrogen-bond acceptors (Lipinski definition) is 5. The van der Waals surface area contributed by atoms with Gasteiger partial charge in [0, 0.05) is 36.6 Å². The summed E-state index contributed by atoms with van der Waals surface area (Å²) in [6.45, 7) is 4.70. The number of nitrogens with one attached hydrogen (secondary N) is 1. The molecular formula is C28H37N3O4. The third kappa shape index (κ3) is 7.07. The Labute approximate surface area is 208 Å². The molecule has 0 bridgehead atoms. The predicted molar refractivity (Wildman–Crippen MR) is 139 cm³/mol. The Morgan fingerprint density at radius 3 is 2.46 bits per heavy atom. The van der Waals surface area contributed by atoms with Gasteiger partial charge >= 0.3 is 0 Å². The number of hydrogen-bond donors (Lipinski definition) is 1. The summed E-state index contributed by atoms with van der Waals surface area (Å²) in [5.74, 6) is 1.46. The molecule has 2 amide bonds. The highest BCUT2D eigenvalue weighted by atomic mass is 16.5. The lowest BCUT2D eigenvalue weighted by Crippen LogP contribution is -2.38. The highest BCUT2D eigenvalue weighted by Gasteiger charge is 2.29. The first-order valence-electron chi connectivity index (χ1n) is 12.5. The molecule has 2 aromatic rings. The number of benzene rings is 2. The van der Waals surface area contributed by atoms with Crippen molar-refractivity contribution in [3.8, 4) is 11.5 Å². The topological polar surface area (TPSA) is 80.2 Å². The van der Waals surface area contributed by atoms with Crippen molar-refractivity contribution in [2.24, 2.45) is 11.0 Å². The first kappa shape index (κ1) is 26.3.